The number of hydrogen-bond donors (Lipinski definition) is 0. The van der Waals surface area contributed by atoms with Crippen LogP contribution in [-0.2, 0) is 0 Å². The monoisotopic (exact) mass is 1410 g/mol. The predicted octanol–water partition coefficient (Wildman–Crippen LogP) is 23.4. The van der Waals surface area contributed by atoms with Crippen LogP contribution in [0, 0.1) is 0 Å². The van der Waals surface area contributed by atoms with Gasteiger partial charge in [0.25, 0.3) is 0 Å². The maximum atomic E-state index is 11.1. The molecule has 17 aromatic carbocycles. The SMILES string of the molecule is [Li+].[O-]c1cccc2ccc[nH+]c12.c1ccc(-n2c3ccccc3c3cc(-c4ccc5c(c4)c4ccccc4n5-c4ccc5c(c4)c4ccccc4n5-c4ccccc4)ccc32)cc1.c1ccc2cc(-c3c4ccccc4c(-c4ccc5ccccc5c4)c4cc(-c5nccc6c5sc5ccccc56)ccc34)ccc2c1. The minimum Gasteiger partial charge on any atom is -0.868 e. The molecule has 0 radical (unpaired) electrons. The average Bonchev–Trinajstić information content (AvgIpc) is 1.14. The third-order valence-corrected chi connectivity index (χ3v) is 23.1. The first-order valence-corrected chi connectivity index (χ1v) is 37.8. The Kier molecular flexibility index (Phi) is 16.3. The largest absolute Gasteiger partial charge is 1.00 e. The summed E-state index contributed by atoms with van der Waals surface area (Å²) in [4.78, 5) is 7.92. The number of hydrogen-bond acceptors (Lipinski definition) is 3. The molecular formula is C102H65LiN5OS+. The van der Waals surface area contributed by atoms with E-state index in [0.717, 1.165) is 22.3 Å². The van der Waals surface area contributed by atoms with E-state index in [1.54, 1.807) is 18.3 Å². The fraction of sp³-hybridized carbons (Fsp3) is 0. The molecule has 110 heavy (non-hydrogen) atoms. The van der Waals surface area contributed by atoms with Crippen LogP contribution in [0.1, 0.15) is 0 Å². The van der Waals surface area contributed by atoms with E-state index in [0.29, 0.717) is 5.52 Å². The van der Waals surface area contributed by atoms with Gasteiger partial charge in [0.1, 0.15) is 0 Å². The molecular weight excluding hydrogens is 1350 g/mol. The second-order valence-electron chi connectivity index (χ2n) is 28.1. The van der Waals surface area contributed by atoms with Gasteiger partial charge >= 0.3 is 18.9 Å². The normalized spacial score (nSPS) is 11.6. The second kappa shape index (κ2) is 27.3. The molecule has 0 bridgehead atoms. The summed E-state index contributed by atoms with van der Waals surface area (Å²) >= 11 is 1.83. The van der Waals surface area contributed by atoms with Crippen LogP contribution >= 0.6 is 11.3 Å². The first-order chi connectivity index (χ1) is 54.0. The van der Waals surface area contributed by atoms with E-state index < -0.39 is 0 Å². The predicted molar refractivity (Wildman–Crippen MR) is 458 cm³/mol. The molecule has 0 saturated carbocycles. The zero-order valence-electron chi connectivity index (χ0n) is 60.1. The summed E-state index contributed by atoms with van der Waals surface area (Å²) in [6.45, 7) is 0. The first-order valence-electron chi connectivity index (χ1n) is 37.0. The molecule has 0 atom stereocenters. The molecule has 23 aromatic rings. The summed E-state index contributed by atoms with van der Waals surface area (Å²) in [5.74, 6) is 0.0445. The van der Waals surface area contributed by atoms with Crippen molar-refractivity contribution in [1.29, 1.82) is 0 Å². The topological polar surface area (TPSA) is 64.9 Å². The van der Waals surface area contributed by atoms with Crippen LogP contribution in [0.15, 0.2) is 389 Å². The summed E-state index contributed by atoms with van der Waals surface area (Å²) in [6, 6.07) is 135. The van der Waals surface area contributed by atoms with Crippen LogP contribution < -0.4 is 29.0 Å². The standard InChI is InChI=1S/C48H31N3.C45H27NS.C9H7NO.Li/c1-3-13-34(14-4-1)49-43-20-10-7-17-37(43)40-29-32(23-26-46(40)49)33-24-27-47-41(30-33)38-18-8-12-22-45(38)51(47)36-25-28-48-42(31-36)39-19-9-11-21-44(39)50(48)35-15-5-2-6-16-35;1-3-11-30-25-32(19-17-28(30)9-1)42-36-14-5-6-15-37(36)43(33-20-18-29-10-2-4-12-31(29)26-33)40-27-34(21-22-38(40)42)44-45-39(23-24-46-44)35-13-7-8-16-41(35)47-45;11-8-5-1-3-7-4-2-6-10-9(7)8;/h1-31H;1-27H;1-6,11H;/q;;;+1. The van der Waals surface area contributed by atoms with Crippen molar-refractivity contribution in [3.63, 3.8) is 0 Å². The summed E-state index contributed by atoms with van der Waals surface area (Å²) in [5, 5.41) is 32.2. The van der Waals surface area contributed by atoms with Crippen molar-refractivity contribution in [2.75, 3.05) is 0 Å². The molecule has 6 heterocycles. The summed E-state index contributed by atoms with van der Waals surface area (Å²) in [5.41, 5.74) is 21.0. The van der Waals surface area contributed by atoms with Crippen LogP contribution in [0.25, 0.3) is 201 Å². The fourth-order valence-corrected chi connectivity index (χ4v) is 18.2. The number of benzene rings is 17. The van der Waals surface area contributed by atoms with Gasteiger partial charge in [-0.25, -0.2) is 4.98 Å². The van der Waals surface area contributed by atoms with E-state index in [9.17, 15) is 5.11 Å². The number of para-hydroxylation sites is 6. The van der Waals surface area contributed by atoms with Gasteiger partial charge in [-0.15, -0.1) is 11.3 Å². The van der Waals surface area contributed by atoms with E-state index >= 15 is 0 Å². The summed E-state index contributed by atoms with van der Waals surface area (Å²) in [7, 11) is 0. The van der Waals surface area contributed by atoms with Crippen LogP contribution in [0.5, 0.6) is 5.75 Å². The molecule has 23 rings (SSSR count). The van der Waals surface area contributed by atoms with Gasteiger partial charge < -0.3 is 18.8 Å². The second-order valence-corrected chi connectivity index (χ2v) is 29.2. The van der Waals surface area contributed by atoms with Gasteiger partial charge in [0.05, 0.1) is 43.5 Å². The first kappa shape index (κ1) is 65.8. The fourth-order valence-electron chi connectivity index (χ4n) is 17.0. The number of thiophene rings is 1. The number of aromatic nitrogens is 5. The maximum absolute atomic E-state index is 11.1. The molecule has 6 aromatic heterocycles. The van der Waals surface area contributed by atoms with Crippen molar-refractivity contribution in [2.24, 2.45) is 0 Å². The third-order valence-electron chi connectivity index (χ3n) is 21.9. The number of rotatable bonds is 7. The van der Waals surface area contributed by atoms with Gasteiger partial charge in [0.2, 0.25) is 5.52 Å². The summed E-state index contributed by atoms with van der Waals surface area (Å²) in [6.07, 6.45) is 3.72. The quantitative estimate of drug-likeness (QED) is 0.118. The average molecular weight is 1420 g/mol. The van der Waals surface area contributed by atoms with E-state index in [2.05, 4.69) is 364 Å². The van der Waals surface area contributed by atoms with E-state index in [1.165, 1.54) is 173 Å². The number of nitrogens with one attached hydrogen (secondary N) is 1. The Bertz CT molecular complexity index is 7580. The Labute approximate surface area is 649 Å². The maximum Gasteiger partial charge on any atom is 1.00 e. The number of pyridine rings is 2. The Morgan fingerprint density at radius 1 is 0.264 bits per heavy atom. The zero-order valence-corrected chi connectivity index (χ0v) is 60.9. The Morgan fingerprint density at radius 2 is 0.682 bits per heavy atom. The minimum atomic E-state index is 0. The Balaban J connectivity index is 0.000000126. The van der Waals surface area contributed by atoms with Gasteiger partial charge in [0, 0.05) is 88.1 Å². The molecule has 510 valence electrons. The molecule has 0 spiro atoms. The number of H-pyrrole nitrogens is 1. The van der Waals surface area contributed by atoms with E-state index in [4.69, 9.17) is 4.98 Å². The zero-order chi connectivity index (χ0) is 72.0. The molecule has 0 aliphatic rings. The van der Waals surface area contributed by atoms with Crippen molar-refractivity contribution in [2.45, 2.75) is 0 Å². The van der Waals surface area contributed by atoms with Gasteiger partial charge in [-0.3, -0.25) is 4.98 Å². The molecule has 6 nitrogen and oxygen atoms in total. The van der Waals surface area contributed by atoms with Crippen molar-refractivity contribution in [1.82, 2.24) is 18.7 Å². The number of nitrogens with zero attached hydrogens (tertiary/aromatic N) is 4. The molecule has 0 aliphatic heterocycles. The molecule has 0 fully saturated rings. The number of aromatic amines is 1. The van der Waals surface area contributed by atoms with Crippen LogP contribution in [0.4, 0.5) is 0 Å². The molecule has 0 aliphatic carbocycles. The van der Waals surface area contributed by atoms with Crippen molar-refractivity contribution in [3.05, 3.63) is 389 Å². The molecule has 8 heteroatoms. The van der Waals surface area contributed by atoms with E-state index in [1.807, 2.05) is 35.7 Å². The van der Waals surface area contributed by atoms with Crippen molar-refractivity contribution >= 4 is 151 Å². The van der Waals surface area contributed by atoms with Crippen LogP contribution in [-0.4, -0.2) is 18.7 Å². The van der Waals surface area contributed by atoms with Crippen molar-refractivity contribution in [3.8, 4) is 67.4 Å². The van der Waals surface area contributed by atoms with Crippen LogP contribution in [0.2, 0.25) is 0 Å². The molecule has 0 amide bonds. The minimum absolute atomic E-state index is 0. The van der Waals surface area contributed by atoms with Gasteiger partial charge in [-0.1, -0.05) is 243 Å². The smallest absolute Gasteiger partial charge is 0.868 e. The third kappa shape index (κ3) is 11.1. The molecule has 1 N–H and O–H groups in total. The van der Waals surface area contributed by atoms with Gasteiger partial charge in [0.15, 0.2) is 6.20 Å². The van der Waals surface area contributed by atoms with Crippen LogP contribution in [0.3, 0.4) is 0 Å². The Hall–Kier alpha value is -13.6. The number of fused-ring (bicyclic) bond motifs is 17. The molecule has 0 unspecified atom stereocenters. The van der Waals surface area contributed by atoms with E-state index in [-0.39, 0.29) is 24.6 Å². The summed E-state index contributed by atoms with van der Waals surface area (Å²) < 4.78 is 9.70. The van der Waals surface area contributed by atoms with Crippen molar-refractivity contribution < 1.29 is 29.0 Å². The molecule has 0 saturated heterocycles. The van der Waals surface area contributed by atoms with Gasteiger partial charge in [-0.2, -0.15) is 0 Å². The van der Waals surface area contributed by atoms with Gasteiger partial charge in [-0.05, 0) is 210 Å². The Morgan fingerprint density at radius 3 is 1.25 bits per heavy atom.